The van der Waals surface area contributed by atoms with Crippen LogP contribution in [0.1, 0.15) is 38.3 Å². The number of amides is 2. The van der Waals surface area contributed by atoms with Crippen molar-refractivity contribution in [2.24, 2.45) is 0 Å². The van der Waals surface area contributed by atoms with Gasteiger partial charge in [-0.3, -0.25) is 24.8 Å². The van der Waals surface area contributed by atoms with Crippen LogP contribution in [0.5, 0.6) is 0 Å². The van der Waals surface area contributed by atoms with Crippen molar-refractivity contribution in [3.63, 3.8) is 0 Å². The lowest BCUT2D eigenvalue weighted by Crippen LogP contribution is -2.40. The number of pyridine rings is 1. The van der Waals surface area contributed by atoms with Crippen molar-refractivity contribution in [1.29, 1.82) is 0 Å². The summed E-state index contributed by atoms with van der Waals surface area (Å²) in [5, 5.41) is 3.22. The molecule has 1 aromatic heterocycles. The SMILES string of the molecule is CCCN1C(=O)CC(NC(C)c2ccncc2)C1=O. The van der Waals surface area contributed by atoms with Gasteiger partial charge in [0.15, 0.2) is 0 Å². The maximum Gasteiger partial charge on any atom is 0.246 e. The third kappa shape index (κ3) is 2.98. The highest BCUT2D eigenvalue weighted by atomic mass is 16.2. The second-order valence-corrected chi connectivity index (χ2v) is 4.81. The molecule has 5 nitrogen and oxygen atoms in total. The Balaban J connectivity index is 2.01. The molecular weight excluding hydrogens is 242 g/mol. The topological polar surface area (TPSA) is 62.3 Å². The van der Waals surface area contributed by atoms with E-state index < -0.39 is 6.04 Å². The number of hydrogen-bond donors (Lipinski definition) is 1. The van der Waals surface area contributed by atoms with E-state index in [1.54, 1.807) is 12.4 Å². The van der Waals surface area contributed by atoms with Crippen LogP contribution in [-0.2, 0) is 9.59 Å². The van der Waals surface area contributed by atoms with Gasteiger partial charge in [0.1, 0.15) is 0 Å². The number of rotatable bonds is 5. The molecule has 19 heavy (non-hydrogen) atoms. The first-order valence-corrected chi connectivity index (χ1v) is 6.63. The van der Waals surface area contributed by atoms with E-state index in [9.17, 15) is 9.59 Å². The molecule has 102 valence electrons. The zero-order valence-corrected chi connectivity index (χ0v) is 11.3. The minimum Gasteiger partial charge on any atom is -0.299 e. The van der Waals surface area contributed by atoms with E-state index in [1.165, 1.54) is 4.90 Å². The lowest BCUT2D eigenvalue weighted by Gasteiger charge is -2.19. The summed E-state index contributed by atoms with van der Waals surface area (Å²) in [6.07, 6.45) is 4.50. The summed E-state index contributed by atoms with van der Waals surface area (Å²) in [5.41, 5.74) is 1.06. The molecule has 1 fully saturated rings. The lowest BCUT2D eigenvalue weighted by atomic mass is 10.1. The Morgan fingerprint density at radius 3 is 2.74 bits per heavy atom. The van der Waals surface area contributed by atoms with Gasteiger partial charge in [0.2, 0.25) is 11.8 Å². The van der Waals surface area contributed by atoms with Crippen LogP contribution in [0, 0.1) is 0 Å². The zero-order valence-electron chi connectivity index (χ0n) is 11.3. The first kappa shape index (κ1) is 13.7. The predicted octanol–water partition coefficient (Wildman–Crippen LogP) is 1.27. The third-order valence-electron chi connectivity index (χ3n) is 3.35. The van der Waals surface area contributed by atoms with E-state index in [4.69, 9.17) is 0 Å². The van der Waals surface area contributed by atoms with Gasteiger partial charge in [0, 0.05) is 25.0 Å². The summed E-state index contributed by atoms with van der Waals surface area (Å²) in [5.74, 6) is -0.181. The van der Waals surface area contributed by atoms with Gasteiger partial charge in [-0.05, 0) is 31.0 Å². The monoisotopic (exact) mass is 261 g/mol. The summed E-state index contributed by atoms with van der Waals surface area (Å²) in [6.45, 7) is 4.45. The van der Waals surface area contributed by atoms with Crippen molar-refractivity contribution in [1.82, 2.24) is 15.2 Å². The lowest BCUT2D eigenvalue weighted by molar-refractivity contribution is -0.138. The average Bonchev–Trinajstić information content (AvgIpc) is 2.68. The van der Waals surface area contributed by atoms with Crippen molar-refractivity contribution in [3.05, 3.63) is 30.1 Å². The molecule has 0 saturated carbocycles. The molecule has 0 radical (unpaired) electrons. The van der Waals surface area contributed by atoms with E-state index in [0.29, 0.717) is 6.54 Å². The Morgan fingerprint density at radius 1 is 1.42 bits per heavy atom. The standard InChI is InChI=1S/C14H19N3O2/c1-3-8-17-13(18)9-12(14(17)19)16-10(2)11-4-6-15-7-5-11/h4-7,10,12,16H,3,8-9H2,1-2H3. The number of carbonyl (C=O) groups excluding carboxylic acids is 2. The third-order valence-corrected chi connectivity index (χ3v) is 3.35. The molecule has 1 saturated heterocycles. The number of nitrogens with one attached hydrogen (secondary N) is 1. The van der Waals surface area contributed by atoms with Gasteiger partial charge in [-0.2, -0.15) is 0 Å². The van der Waals surface area contributed by atoms with Crippen molar-refractivity contribution in [2.45, 2.75) is 38.8 Å². The molecule has 2 heterocycles. The molecule has 1 aliphatic rings. The largest absolute Gasteiger partial charge is 0.299 e. The van der Waals surface area contributed by atoms with Gasteiger partial charge < -0.3 is 0 Å². The minimum atomic E-state index is -0.401. The summed E-state index contributed by atoms with van der Waals surface area (Å²) >= 11 is 0. The van der Waals surface area contributed by atoms with Gasteiger partial charge in [-0.15, -0.1) is 0 Å². The van der Waals surface area contributed by atoms with Crippen LogP contribution in [0.4, 0.5) is 0 Å². The molecule has 2 amide bonds. The molecule has 0 aliphatic carbocycles. The molecule has 1 aliphatic heterocycles. The number of nitrogens with zero attached hydrogens (tertiary/aromatic N) is 2. The second kappa shape index (κ2) is 5.93. The molecule has 0 spiro atoms. The van der Waals surface area contributed by atoms with Gasteiger partial charge >= 0.3 is 0 Å². The molecular formula is C14H19N3O2. The highest BCUT2D eigenvalue weighted by Gasteiger charge is 2.38. The average molecular weight is 261 g/mol. The molecule has 1 N–H and O–H groups in total. The normalized spacial score (nSPS) is 20.9. The maximum atomic E-state index is 12.1. The van der Waals surface area contributed by atoms with Gasteiger partial charge in [-0.25, -0.2) is 0 Å². The van der Waals surface area contributed by atoms with E-state index in [1.807, 2.05) is 26.0 Å². The summed E-state index contributed by atoms with van der Waals surface area (Å²) in [6, 6.07) is 3.43. The highest BCUT2D eigenvalue weighted by Crippen LogP contribution is 2.18. The van der Waals surface area contributed by atoms with Gasteiger partial charge in [0.05, 0.1) is 12.5 Å². The van der Waals surface area contributed by atoms with Crippen LogP contribution >= 0.6 is 0 Å². The van der Waals surface area contributed by atoms with E-state index in [0.717, 1.165) is 12.0 Å². The van der Waals surface area contributed by atoms with Gasteiger partial charge in [-0.1, -0.05) is 6.92 Å². The summed E-state index contributed by atoms with van der Waals surface area (Å²) in [7, 11) is 0. The predicted molar refractivity (Wildman–Crippen MR) is 71.2 cm³/mol. The number of likely N-dealkylation sites (tertiary alicyclic amines) is 1. The fourth-order valence-corrected chi connectivity index (χ4v) is 2.32. The highest BCUT2D eigenvalue weighted by molar-refractivity contribution is 6.05. The van der Waals surface area contributed by atoms with Crippen LogP contribution in [0.3, 0.4) is 0 Å². The number of carbonyl (C=O) groups is 2. The van der Waals surface area contributed by atoms with Crippen LogP contribution < -0.4 is 5.32 Å². The van der Waals surface area contributed by atoms with Crippen LogP contribution in [0.25, 0.3) is 0 Å². The van der Waals surface area contributed by atoms with Crippen LogP contribution in [-0.4, -0.2) is 34.3 Å². The second-order valence-electron chi connectivity index (χ2n) is 4.81. The maximum absolute atomic E-state index is 12.1. The first-order valence-electron chi connectivity index (χ1n) is 6.63. The van der Waals surface area contributed by atoms with Crippen molar-refractivity contribution < 1.29 is 9.59 Å². The molecule has 0 aromatic carbocycles. The smallest absolute Gasteiger partial charge is 0.246 e. The molecule has 2 atom stereocenters. The quantitative estimate of drug-likeness (QED) is 0.811. The summed E-state index contributed by atoms with van der Waals surface area (Å²) in [4.78, 5) is 29.2. The van der Waals surface area contributed by atoms with Gasteiger partial charge in [0.25, 0.3) is 0 Å². The molecule has 1 aromatic rings. The first-order chi connectivity index (χ1) is 9.13. The fourth-order valence-electron chi connectivity index (χ4n) is 2.32. The molecule has 5 heteroatoms. The Kier molecular flexibility index (Phi) is 4.27. The van der Waals surface area contributed by atoms with E-state index in [-0.39, 0.29) is 24.3 Å². The molecule has 0 bridgehead atoms. The van der Waals surface area contributed by atoms with Crippen molar-refractivity contribution >= 4 is 11.8 Å². The Labute approximate surface area is 113 Å². The molecule has 2 unspecified atom stereocenters. The van der Waals surface area contributed by atoms with E-state index >= 15 is 0 Å². The number of hydrogen-bond acceptors (Lipinski definition) is 4. The van der Waals surface area contributed by atoms with Crippen molar-refractivity contribution in [2.75, 3.05) is 6.54 Å². The van der Waals surface area contributed by atoms with Crippen LogP contribution in [0.2, 0.25) is 0 Å². The Bertz CT molecular complexity index is 461. The molecule has 2 rings (SSSR count). The zero-order chi connectivity index (χ0) is 13.8. The Morgan fingerprint density at radius 2 is 2.11 bits per heavy atom. The number of aromatic nitrogens is 1. The Hall–Kier alpha value is -1.75. The van der Waals surface area contributed by atoms with Crippen molar-refractivity contribution in [3.8, 4) is 0 Å². The minimum absolute atomic E-state index is 0.0197. The van der Waals surface area contributed by atoms with E-state index in [2.05, 4.69) is 10.3 Å². The van der Waals surface area contributed by atoms with Crippen LogP contribution in [0.15, 0.2) is 24.5 Å². The fraction of sp³-hybridized carbons (Fsp3) is 0.500. The number of imide groups is 1. The summed E-state index contributed by atoms with van der Waals surface area (Å²) < 4.78 is 0.